The third-order valence-corrected chi connectivity index (χ3v) is 15.1. The predicted molar refractivity (Wildman–Crippen MR) is 289 cm³/mol. The Kier molecular flexibility index (Phi) is 8.06. The van der Waals surface area contributed by atoms with Crippen LogP contribution in [-0.4, -0.2) is 19.1 Å². The molecule has 0 bridgehead atoms. The van der Waals surface area contributed by atoms with Gasteiger partial charge in [-0.15, -0.1) is 0 Å². The summed E-state index contributed by atoms with van der Waals surface area (Å²) in [7, 11) is 0. The normalized spacial score (nSPS) is 13.1. The molecule has 10 aromatic carbocycles. The molecule has 14 aromatic rings. The van der Waals surface area contributed by atoms with E-state index in [1.54, 1.807) is 0 Å². The van der Waals surface area contributed by atoms with E-state index in [0.29, 0.717) is 5.95 Å². The fourth-order valence-corrected chi connectivity index (χ4v) is 11.8. The van der Waals surface area contributed by atoms with E-state index in [1.165, 1.54) is 44.1 Å². The zero-order valence-corrected chi connectivity index (χ0v) is 38.5. The summed E-state index contributed by atoms with van der Waals surface area (Å²) in [6, 6.07) is 78.8. The Morgan fingerprint density at radius 2 is 1.00 bits per heavy atom. The lowest BCUT2D eigenvalue weighted by Gasteiger charge is -2.21. The second kappa shape index (κ2) is 14.5. The second-order valence-electron chi connectivity index (χ2n) is 19.3. The number of hydrogen-bond donors (Lipinski definition) is 0. The zero-order chi connectivity index (χ0) is 46.2. The van der Waals surface area contributed by atoms with Crippen molar-refractivity contribution in [1.82, 2.24) is 19.1 Å². The number of furan rings is 1. The van der Waals surface area contributed by atoms with Gasteiger partial charge in [0.1, 0.15) is 11.2 Å². The summed E-state index contributed by atoms with van der Waals surface area (Å²) in [5.41, 5.74) is 20.1. The van der Waals surface area contributed by atoms with Crippen molar-refractivity contribution in [3.8, 4) is 56.3 Å². The lowest BCUT2D eigenvalue weighted by Crippen LogP contribution is -2.14. The number of rotatable bonds is 5. The molecule has 0 spiro atoms. The van der Waals surface area contributed by atoms with Gasteiger partial charge in [0.05, 0.1) is 33.3 Å². The lowest BCUT2D eigenvalue weighted by atomic mass is 9.82. The minimum absolute atomic E-state index is 0.102. The molecule has 0 saturated heterocycles. The lowest BCUT2D eigenvalue weighted by molar-refractivity contribution is 0.661. The first-order valence-corrected chi connectivity index (χ1v) is 24.1. The summed E-state index contributed by atoms with van der Waals surface area (Å²) in [4.78, 5) is 10.5. The van der Waals surface area contributed by atoms with E-state index in [-0.39, 0.29) is 5.41 Å². The first-order chi connectivity index (χ1) is 34.5. The molecule has 0 aliphatic heterocycles. The Bertz CT molecular complexity index is 4500. The van der Waals surface area contributed by atoms with Gasteiger partial charge in [-0.1, -0.05) is 153 Å². The van der Waals surface area contributed by atoms with Crippen LogP contribution in [0.1, 0.15) is 25.0 Å². The minimum Gasteiger partial charge on any atom is -0.456 e. The smallest absolute Gasteiger partial charge is 0.235 e. The maximum Gasteiger partial charge on any atom is 0.235 e. The molecule has 0 amide bonds. The number of fused-ring (bicyclic) bond motifs is 13. The summed E-state index contributed by atoms with van der Waals surface area (Å²) in [6.45, 7) is 4.72. The van der Waals surface area contributed by atoms with Crippen molar-refractivity contribution in [3.63, 3.8) is 0 Å². The topological polar surface area (TPSA) is 48.8 Å². The summed E-state index contributed by atoms with van der Waals surface area (Å²) in [6.07, 6.45) is 0. The van der Waals surface area contributed by atoms with Crippen LogP contribution in [0.15, 0.2) is 223 Å². The van der Waals surface area contributed by atoms with Crippen LogP contribution in [0.4, 0.5) is 0 Å². The quantitative estimate of drug-likeness (QED) is 0.173. The van der Waals surface area contributed by atoms with Gasteiger partial charge in [-0.25, -0.2) is 9.97 Å². The van der Waals surface area contributed by atoms with Gasteiger partial charge in [0, 0.05) is 54.4 Å². The SMILES string of the molecule is CC1(C)c2ccccc2-c2cc3c4cc(-c5ccc6oc7cccc(-c8ccc9c(c8)c8ccccc8n9-c8nc(-c9ccccc9)c9ccccc9n8)c7c6c5)ccc4n(-c4ccccc4)c3cc21. The van der Waals surface area contributed by atoms with Crippen LogP contribution in [0.3, 0.4) is 0 Å². The Labute approximate surface area is 403 Å². The third-order valence-electron chi connectivity index (χ3n) is 15.1. The highest BCUT2D eigenvalue weighted by Gasteiger charge is 2.36. The van der Waals surface area contributed by atoms with Crippen LogP contribution >= 0.6 is 0 Å². The van der Waals surface area contributed by atoms with Crippen LogP contribution in [0.25, 0.3) is 133 Å². The van der Waals surface area contributed by atoms with Crippen LogP contribution in [0, 0.1) is 0 Å². The second-order valence-corrected chi connectivity index (χ2v) is 19.3. The molecule has 0 atom stereocenters. The standard InChI is InChI=1S/C65H42N4O/c1-65(2)53-24-12-9-20-45(53)48-37-51-50-34-40(28-31-57(50)68(59(51)38-54(48)65)43-18-7-4-8-19-43)41-30-33-60-52(35-41)62-44(23-15-27-61(62)70-60)42-29-32-58-49(36-42)46-21-11-14-26-56(46)69(58)64-66-55-25-13-10-22-47(55)63(67-64)39-16-5-3-6-17-39/h3-38H,1-2H3. The van der Waals surface area contributed by atoms with Crippen molar-refractivity contribution < 1.29 is 4.42 Å². The highest BCUT2D eigenvalue weighted by molar-refractivity contribution is 6.17. The zero-order valence-electron chi connectivity index (χ0n) is 38.5. The molecule has 4 heterocycles. The molecule has 1 aliphatic rings. The summed E-state index contributed by atoms with van der Waals surface area (Å²) < 4.78 is 11.3. The fourth-order valence-electron chi connectivity index (χ4n) is 11.8. The van der Waals surface area contributed by atoms with Crippen LogP contribution in [-0.2, 0) is 5.41 Å². The van der Waals surface area contributed by atoms with Gasteiger partial charge in [-0.05, 0) is 123 Å². The van der Waals surface area contributed by atoms with Gasteiger partial charge in [-0.2, -0.15) is 0 Å². The Morgan fingerprint density at radius 1 is 0.371 bits per heavy atom. The molecule has 1 aliphatic carbocycles. The molecule has 4 aromatic heterocycles. The molecular weight excluding hydrogens is 853 g/mol. The molecule has 5 nitrogen and oxygen atoms in total. The van der Waals surface area contributed by atoms with Gasteiger partial charge in [-0.3, -0.25) is 4.57 Å². The van der Waals surface area contributed by atoms with Crippen LogP contribution in [0.5, 0.6) is 0 Å². The maximum absolute atomic E-state index is 6.65. The predicted octanol–water partition coefficient (Wildman–Crippen LogP) is 17.0. The van der Waals surface area contributed by atoms with Gasteiger partial charge >= 0.3 is 0 Å². The molecule has 70 heavy (non-hydrogen) atoms. The molecule has 0 unspecified atom stereocenters. The van der Waals surface area contributed by atoms with E-state index in [4.69, 9.17) is 14.4 Å². The molecule has 0 fully saturated rings. The fraction of sp³-hybridized carbons (Fsp3) is 0.0462. The number of aromatic nitrogens is 4. The van der Waals surface area contributed by atoms with Gasteiger partial charge in [0.2, 0.25) is 5.95 Å². The molecule has 328 valence electrons. The molecular formula is C65H42N4O. The van der Waals surface area contributed by atoms with Crippen molar-refractivity contribution in [2.75, 3.05) is 0 Å². The maximum atomic E-state index is 6.65. The van der Waals surface area contributed by atoms with Crippen molar-refractivity contribution >= 4 is 76.5 Å². The van der Waals surface area contributed by atoms with Gasteiger partial charge in [0.15, 0.2) is 0 Å². The van der Waals surface area contributed by atoms with Crippen molar-refractivity contribution in [2.24, 2.45) is 0 Å². The largest absolute Gasteiger partial charge is 0.456 e. The number of hydrogen-bond acceptors (Lipinski definition) is 3. The third kappa shape index (κ3) is 5.54. The average Bonchev–Trinajstić information content (AvgIpc) is 4.12. The number of para-hydroxylation sites is 3. The highest BCUT2D eigenvalue weighted by atomic mass is 16.3. The van der Waals surface area contributed by atoms with E-state index in [2.05, 4.69) is 229 Å². The average molecular weight is 895 g/mol. The van der Waals surface area contributed by atoms with E-state index < -0.39 is 0 Å². The summed E-state index contributed by atoms with van der Waals surface area (Å²) >= 11 is 0. The monoisotopic (exact) mass is 894 g/mol. The van der Waals surface area contributed by atoms with Gasteiger partial charge in [0.25, 0.3) is 0 Å². The summed E-state index contributed by atoms with van der Waals surface area (Å²) in [5, 5.41) is 7.99. The first-order valence-electron chi connectivity index (χ1n) is 24.1. The molecule has 15 rings (SSSR count). The van der Waals surface area contributed by atoms with Crippen LogP contribution in [0.2, 0.25) is 0 Å². The number of nitrogens with zero attached hydrogens (tertiary/aromatic N) is 4. The molecule has 0 N–H and O–H groups in total. The Balaban J connectivity index is 0.894. The Hall–Kier alpha value is -9.06. The highest BCUT2D eigenvalue weighted by Crippen LogP contribution is 2.51. The van der Waals surface area contributed by atoms with Gasteiger partial charge < -0.3 is 8.98 Å². The Morgan fingerprint density at radius 3 is 1.86 bits per heavy atom. The van der Waals surface area contributed by atoms with Crippen molar-refractivity contribution in [3.05, 3.63) is 230 Å². The van der Waals surface area contributed by atoms with Crippen molar-refractivity contribution in [1.29, 1.82) is 0 Å². The summed E-state index contributed by atoms with van der Waals surface area (Å²) in [5.74, 6) is 0.646. The molecule has 0 saturated carbocycles. The van der Waals surface area contributed by atoms with E-state index in [0.717, 1.165) is 93.8 Å². The van der Waals surface area contributed by atoms with E-state index >= 15 is 0 Å². The van der Waals surface area contributed by atoms with Crippen LogP contribution < -0.4 is 0 Å². The first kappa shape index (κ1) is 39.0. The van der Waals surface area contributed by atoms with Crippen molar-refractivity contribution in [2.45, 2.75) is 19.3 Å². The van der Waals surface area contributed by atoms with E-state index in [9.17, 15) is 0 Å². The van der Waals surface area contributed by atoms with E-state index in [1.807, 2.05) is 12.1 Å². The molecule has 0 radical (unpaired) electrons. The number of benzene rings is 10. The minimum atomic E-state index is -0.102. The molecule has 5 heteroatoms.